The molecule has 0 bridgehead atoms. The first kappa shape index (κ1) is 14.6. The van der Waals surface area contributed by atoms with Gasteiger partial charge in [0.2, 0.25) is 0 Å². The molecule has 0 fully saturated rings. The highest BCUT2D eigenvalue weighted by atomic mass is 16.5. The summed E-state index contributed by atoms with van der Waals surface area (Å²) < 4.78 is 5.70. The van der Waals surface area contributed by atoms with Gasteiger partial charge in [-0.15, -0.1) is 0 Å². The molecule has 106 valence electrons. The summed E-state index contributed by atoms with van der Waals surface area (Å²) in [6.07, 6.45) is 2.26. The van der Waals surface area contributed by atoms with Gasteiger partial charge in [-0.1, -0.05) is 55.8 Å². The number of hydrogen-bond acceptors (Lipinski definition) is 2. The first-order valence-electron chi connectivity index (χ1n) is 7.30. The fourth-order valence-corrected chi connectivity index (χ4v) is 2.26. The standard InChI is InChI=1S/C18H23NO/c1-3-4-14-20-17-12-10-16(11-13-17)18(19-2)15-8-6-5-7-9-15/h5-13,18-19H,3-4,14H2,1-2H3. The van der Waals surface area contributed by atoms with Gasteiger partial charge in [0, 0.05) is 0 Å². The number of unbranched alkanes of at least 4 members (excludes halogenated alkanes) is 1. The second kappa shape index (κ2) is 7.71. The molecule has 2 rings (SSSR count). The van der Waals surface area contributed by atoms with Gasteiger partial charge in [-0.05, 0) is 36.7 Å². The molecule has 0 radical (unpaired) electrons. The van der Waals surface area contributed by atoms with E-state index in [1.165, 1.54) is 11.1 Å². The number of hydrogen-bond donors (Lipinski definition) is 1. The number of ether oxygens (including phenoxy) is 1. The van der Waals surface area contributed by atoms with E-state index in [0.29, 0.717) is 0 Å². The number of nitrogens with one attached hydrogen (secondary N) is 1. The van der Waals surface area contributed by atoms with Gasteiger partial charge in [0.25, 0.3) is 0 Å². The Balaban J connectivity index is 2.08. The van der Waals surface area contributed by atoms with E-state index in [9.17, 15) is 0 Å². The Morgan fingerprint density at radius 3 is 2.20 bits per heavy atom. The van der Waals surface area contributed by atoms with Crippen LogP contribution in [0.25, 0.3) is 0 Å². The molecular formula is C18H23NO. The van der Waals surface area contributed by atoms with Crippen molar-refractivity contribution < 1.29 is 4.74 Å². The van der Waals surface area contributed by atoms with Gasteiger partial charge in [0.05, 0.1) is 12.6 Å². The van der Waals surface area contributed by atoms with Gasteiger partial charge >= 0.3 is 0 Å². The van der Waals surface area contributed by atoms with Crippen molar-refractivity contribution in [2.75, 3.05) is 13.7 Å². The summed E-state index contributed by atoms with van der Waals surface area (Å²) in [6.45, 7) is 2.97. The molecule has 2 aromatic rings. The van der Waals surface area contributed by atoms with Crippen LogP contribution in [0.3, 0.4) is 0 Å². The van der Waals surface area contributed by atoms with Crippen LogP contribution in [-0.2, 0) is 0 Å². The minimum atomic E-state index is 0.223. The summed E-state index contributed by atoms with van der Waals surface area (Å²) in [5.41, 5.74) is 2.52. The van der Waals surface area contributed by atoms with Crippen molar-refractivity contribution in [2.45, 2.75) is 25.8 Å². The first-order chi connectivity index (χ1) is 9.85. The zero-order valence-electron chi connectivity index (χ0n) is 12.3. The molecule has 20 heavy (non-hydrogen) atoms. The summed E-state index contributed by atoms with van der Waals surface area (Å²) in [4.78, 5) is 0. The van der Waals surface area contributed by atoms with E-state index >= 15 is 0 Å². The second-order valence-corrected chi connectivity index (χ2v) is 4.90. The van der Waals surface area contributed by atoms with Crippen LogP contribution >= 0.6 is 0 Å². The lowest BCUT2D eigenvalue weighted by Gasteiger charge is -2.17. The van der Waals surface area contributed by atoms with E-state index in [2.05, 4.69) is 60.8 Å². The minimum Gasteiger partial charge on any atom is -0.494 e. The maximum absolute atomic E-state index is 5.70. The molecule has 0 saturated heterocycles. The monoisotopic (exact) mass is 269 g/mol. The Kier molecular flexibility index (Phi) is 5.63. The van der Waals surface area contributed by atoms with Crippen LogP contribution in [0.2, 0.25) is 0 Å². The third kappa shape index (κ3) is 3.84. The van der Waals surface area contributed by atoms with Crippen LogP contribution in [0.4, 0.5) is 0 Å². The van der Waals surface area contributed by atoms with Crippen molar-refractivity contribution >= 4 is 0 Å². The maximum atomic E-state index is 5.70. The Morgan fingerprint density at radius 1 is 0.950 bits per heavy atom. The molecule has 1 N–H and O–H groups in total. The fraction of sp³-hybridized carbons (Fsp3) is 0.333. The molecule has 0 saturated carbocycles. The molecule has 2 aromatic carbocycles. The SMILES string of the molecule is CCCCOc1ccc(C(NC)c2ccccc2)cc1. The molecule has 0 aliphatic rings. The highest BCUT2D eigenvalue weighted by Crippen LogP contribution is 2.23. The number of rotatable bonds is 7. The molecule has 0 heterocycles. The molecule has 0 aliphatic heterocycles. The summed E-state index contributed by atoms with van der Waals surface area (Å²) in [6, 6.07) is 19.1. The Bertz CT molecular complexity index is 493. The van der Waals surface area contributed by atoms with Gasteiger partial charge in [-0.3, -0.25) is 0 Å². The lowest BCUT2D eigenvalue weighted by Crippen LogP contribution is -2.17. The molecule has 1 unspecified atom stereocenters. The van der Waals surface area contributed by atoms with Crippen molar-refractivity contribution in [2.24, 2.45) is 0 Å². The van der Waals surface area contributed by atoms with Gasteiger partial charge < -0.3 is 10.1 Å². The Morgan fingerprint density at radius 2 is 1.60 bits per heavy atom. The van der Waals surface area contributed by atoms with E-state index in [1.54, 1.807) is 0 Å². The summed E-state index contributed by atoms with van der Waals surface area (Å²) in [7, 11) is 1.99. The highest BCUT2D eigenvalue weighted by molar-refractivity contribution is 5.35. The van der Waals surface area contributed by atoms with Crippen molar-refractivity contribution in [3.05, 3.63) is 65.7 Å². The summed E-state index contributed by atoms with van der Waals surface area (Å²) in [5.74, 6) is 0.949. The van der Waals surface area contributed by atoms with E-state index in [1.807, 2.05) is 13.1 Å². The van der Waals surface area contributed by atoms with Crippen molar-refractivity contribution in [3.63, 3.8) is 0 Å². The topological polar surface area (TPSA) is 21.3 Å². The molecule has 1 atom stereocenters. The fourth-order valence-electron chi connectivity index (χ4n) is 2.26. The molecule has 2 nitrogen and oxygen atoms in total. The predicted molar refractivity (Wildman–Crippen MR) is 84.2 cm³/mol. The maximum Gasteiger partial charge on any atom is 0.119 e. The van der Waals surface area contributed by atoms with Crippen LogP contribution in [0.5, 0.6) is 5.75 Å². The first-order valence-corrected chi connectivity index (χ1v) is 7.30. The largest absolute Gasteiger partial charge is 0.494 e. The third-order valence-electron chi connectivity index (χ3n) is 3.40. The summed E-state index contributed by atoms with van der Waals surface area (Å²) in [5, 5.41) is 3.37. The quantitative estimate of drug-likeness (QED) is 0.762. The van der Waals surface area contributed by atoms with Crippen LogP contribution in [0.1, 0.15) is 36.9 Å². The average molecular weight is 269 g/mol. The number of benzene rings is 2. The molecule has 0 aliphatic carbocycles. The molecule has 0 amide bonds. The minimum absolute atomic E-state index is 0.223. The molecule has 2 heteroatoms. The molecule has 0 aromatic heterocycles. The highest BCUT2D eigenvalue weighted by Gasteiger charge is 2.11. The van der Waals surface area contributed by atoms with Gasteiger partial charge in [0.1, 0.15) is 5.75 Å². The van der Waals surface area contributed by atoms with Crippen LogP contribution in [0.15, 0.2) is 54.6 Å². The third-order valence-corrected chi connectivity index (χ3v) is 3.40. The second-order valence-electron chi connectivity index (χ2n) is 4.90. The normalized spacial score (nSPS) is 12.1. The molecule has 0 spiro atoms. The van der Waals surface area contributed by atoms with Crippen molar-refractivity contribution in [3.8, 4) is 5.75 Å². The van der Waals surface area contributed by atoms with Crippen molar-refractivity contribution in [1.29, 1.82) is 0 Å². The predicted octanol–water partition coefficient (Wildman–Crippen LogP) is 4.17. The zero-order valence-corrected chi connectivity index (χ0v) is 12.3. The van der Waals surface area contributed by atoms with Crippen LogP contribution in [0, 0.1) is 0 Å². The van der Waals surface area contributed by atoms with E-state index in [0.717, 1.165) is 25.2 Å². The average Bonchev–Trinajstić information content (AvgIpc) is 2.51. The Labute approximate surface area is 121 Å². The zero-order chi connectivity index (χ0) is 14.2. The van der Waals surface area contributed by atoms with E-state index in [4.69, 9.17) is 4.74 Å². The summed E-state index contributed by atoms with van der Waals surface area (Å²) >= 11 is 0. The van der Waals surface area contributed by atoms with Gasteiger partial charge in [-0.25, -0.2) is 0 Å². The lowest BCUT2D eigenvalue weighted by atomic mass is 9.99. The molecular weight excluding hydrogens is 246 g/mol. The van der Waals surface area contributed by atoms with Gasteiger partial charge in [0.15, 0.2) is 0 Å². The van der Waals surface area contributed by atoms with Gasteiger partial charge in [-0.2, -0.15) is 0 Å². The van der Waals surface area contributed by atoms with Crippen molar-refractivity contribution in [1.82, 2.24) is 5.32 Å². The smallest absolute Gasteiger partial charge is 0.119 e. The lowest BCUT2D eigenvalue weighted by molar-refractivity contribution is 0.309. The van der Waals surface area contributed by atoms with Crippen LogP contribution < -0.4 is 10.1 Å². The van der Waals surface area contributed by atoms with Crippen LogP contribution in [-0.4, -0.2) is 13.7 Å². The Hall–Kier alpha value is -1.80. The van der Waals surface area contributed by atoms with E-state index in [-0.39, 0.29) is 6.04 Å². The van der Waals surface area contributed by atoms with E-state index < -0.39 is 0 Å².